The molecule has 6 rings (SSSR count). The second kappa shape index (κ2) is 12.1. The lowest BCUT2D eigenvalue weighted by molar-refractivity contribution is -0.113. The zero-order valence-corrected chi connectivity index (χ0v) is 25.3. The Morgan fingerprint density at radius 2 is 1.76 bits per heavy atom. The summed E-state index contributed by atoms with van der Waals surface area (Å²) in [6, 6.07) is 23.2. The van der Waals surface area contributed by atoms with E-state index in [1.54, 1.807) is 74.7 Å². The predicted octanol–water partition coefficient (Wildman–Crippen LogP) is 4.85. The number of aromatic nitrogens is 1. The van der Waals surface area contributed by atoms with E-state index in [-0.39, 0.29) is 11.1 Å². The Bertz CT molecular complexity index is 2140. The van der Waals surface area contributed by atoms with Crippen molar-refractivity contribution in [3.63, 3.8) is 0 Å². The minimum Gasteiger partial charge on any atom is -0.497 e. The molecule has 0 saturated heterocycles. The number of benzene rings is 3. The zero-order valence-electron chi connectivity index (χ0n) is 24.4. The third kappa shape index (κ3) is 5.68. The second-order valence-corrected chi connectivity index (χ2v) is 11.1. The summed E-state index contributed by atoms with van der Waals surface area (Å²) in [5.41, 5.74) is 2.45. The van der Waals surface area contributed by atoms with Crippen molar-refractivity contribution in [2.75, 3.05) is 19.5 Å². The molecule has 3 heterocycles. The lowest BCUT2D eigenvalue weighted by Gasteiger charge is -2.26. The van der Waals surface area contributed by atoms with Gasteiger partial charge in [-0.05, 0) is 55.5 Å². The smallest absolute Gasteiger partial charge is 0.335 e. The number of amides is 1. The molecule has 45 heavy (non-hydrogen) atoms. The Morgan fingerprint density at radius 3 is 2.44 bits per heavy atom. The van der Waals surface area contributed by atoms with Crippen LogP contribution in [0.5, 0.6) is 11.5 Å². The number of nitrogens with one attached hydrogen (secondary N) is 1. The molecule has 0 saturated carbocycles. The van der Waals surface area contributed by atoms with E-state index in [1.807, 2.05) is 18.2 Å². The zero-order chi connectivity index (χ0) is 31.7. The SMILES string of the molecule is COc1ccc([C@H]2C(C(=O)Nc3ccccc3)=C(C)N=c3s/c(=C\c4ccc(-c5ccc(C(=O)O)cc5)o4)c(=O)n32)c(OC)c1. The van der Waals surface area contributed by atoms with Gasteiger partial charge in [0.05, 0.1) is 35.6 Å². The van der Waals surface area contributed by atoms with Crippen LogP contribution in [0.25, 0.3) is 17.4 Å². The Kier molecular flexibility index (Phi) is 7.93. The van der Waals surface area contributed by atoms with Crippen LogP contribution >= 0.6 is 11.3 Å². The number of aromatic carboxylic acids is 1. The minimum atomic E-state index is -1.02. The van der Waals surface area contributed by atoms with Gasteiger partial charge in [0, 0.05) is 29.0 Å². The van der Waals surface area contributed by atoms with Gasteiger partial charge < -0.3 is 24.3 Å². The summed E-state index contributed by atoms with van der Waals surface area (Å²) in [7, 11) is 3.07. The molecule has 1 atom stereocenters. The molecule has 0 unspecified atom stereocenters. The van der Waals surface area contributed by atoms with Crippen molar-refractivity contribution in [1.82, 2.24) is 4.57 Å². The maximum Gasteiger partial charge on any atom is 0.335 e. The van der Waals surface area contributed by atoms with Crippen molar-refractivity contribution in [3.05, 3.63) is 133 Å². The van der Waals surface area contributed by atoms with Gasteiger partial charge in [0.15, 0.2) is 4.80 Å². The van der Waals surface area contributed by atoms with Gasteiger partial charge in [-0.25, -0.2) is 9.79 Å². The van der Waals surface area contributed by atoms with E-state index in [0.29, 0.717) is 60.4 Å². The van der Waals surface area contributed by atoms with Gasteiger partial charge in [0.2, 0.25) is 0 Å². The van der Waals surface area contributed by atoms with Crippen LogP contribution in [0.3, 0.4) is 0 Å². The van der Waals surface area contributed by atoms with Gasteiger partial charge in [0.1, 0.15) is 29.1 Å². The Labute approximate surface area is 260 Å². The van der Waals surface area contributed by atoms with E-state index in [4.69, 9.17) is 13.9 Å². The van der Waals surface area contributed by atoms with E-state index in [9.17, 15) is 19.5 Å². The number of para-hydroxylation sites is 1. The van der Waals surface area contributed by atoms with Crippen LogP contribution in [0.1, 0.15) is 34.6 Å². The quantitative estimate of drug-likeness (QED) is 0.253. The highest BCUT2D eigenvalue weighted by Gasteiger charge is 2.34. The molecule has 3 aromatic carbocycles. The van der Waals surface area contributed by atoms with E-state index < -0.39 is 17.9 Å². The topological polar surface area (TPSA) is 132 Å². The first-order valence-corrected chi connectivity index (χ1v) is 14.6. The predicted molar refractivity (Wildman–Crippen MR) is 169 cm³/mol. The number of thiazole rings is 1. The lowest BCUT2D eigenvalue weighted by Crippen LogP contribution is -2.40. The van der Waals surface area contributed by atoms with Crippen molar-refractivity contribution in [1.29, 1.82) is 0 Å². The van der Waals surface area contributed by atoms with E-state index in [1.165, 1.54) is 35.1 Å². The highest BCUT2D eigenvalue weighted by Crippen LogP contribution is 2.37. The average Bonchev–Trinajstić information content (AvgIpc) is 3.64. The molecule has 0 spiro atoms. The fraction of sp³-hybridized carbons (Fsp3) is 0.118. The molecular formula is C34H27N3O7S. The average molecular weight is 622 g/mol. The highest BCUT2D eigenvalue weighted by atomic mass is 32.1. The molecule has 10 nitrogen and oxygen atoms in total. The standard InChI is InChI=1S/C34H27N3O7S/c1-19-29(31(38)36-22-7-5-4-6-8-22)30(25-15-13-23(42-2)17-27(25)43-3)37-32(39)28(45-34(37)35-19)18-24-14-16-26(44-24)20-9-11-21(12-10-20)33(40)41/h4-18,30H,1-3H3,(H,36,38)(H,40,41)/b28-18-/t30-/m0/s1. The van der Waals surface area contributed by atoms with Gasteiger partial charge >= 0.3 is 5.97 Å². The van der Waals surface area contributed by atoms with Crippen molar-refractivity contribution in [3.8, 4) is 22.8 Å². The van der Waals surface area contributed by atoms with Crippen molar-refractivity contribution >= 4 is 35.0 Å². The van der Waals surface area contributed by atoms with Crippen molar-refractivity contribution in [2.24, 2.45) is 4.99 Å². The summed E-state index contributed by atoms with van der Waals surface area (Å²) in [4.78, 5) is 44.2. The number of hydrogen-bond donors (Lipinski definition) is 2. The van der Waals surface area contributed by atoms with Crippen LogP contribution < -0.4 is 29.7 Å². The van der Waals surface area contributed by atoms with Crippen LogP contribution in [0.2, 0.25) is 0 Å². The molecular weight excluding hydrogens is 594 g/mol. The first-order chi connectivity index (χ1) is 21.8. The number of ether oxygens (including phenoxy) is 2. The number of fused-ring (bicyclic) bond motifs is 1. The summed E-state index contributed by atoms with van der Waals surface area (Å²) >= 11 is 1.18. The maximum absolute atomic E-state index is 14.1. The van der Waals surface area contributed by atoms with E-state index in [0.717, 1.165) is 0 Å². The number of furan rings is 1. The molecule has 5 aromatic rings. The van der Waals surface area contributed by atoms with Gasteiger partial charge in [0.25, 0.3) is 11.5 Å². The van der Waals surface area contributed by atoms with Crippen LogP contribution in [0, 0.1) is 0 Å². The largest absolute Gasteiger partial charge is 0.497 e. The van der Waals surface area contributed by atoms with Crippen molar-refractivity contribution in [2.45, 2.75) is 13.0 Å². The Balaban J connectivity index is 1.46. The number of carboxylic acid groups (broad SMARTS) is 1. The molecule has 1 aliphatic rings. The first kappa shape index (κ1) is 29.4. The molecule has 1 aliphatic heterocycles. The number of carbonyl (C=O) groups excluding carboxylic acids is 1. The monoisotopic (exact) mass is 621 g/mol. The summed E-state index contributed by atoms with van der Waals surface area (Å²) in [6.45, 7) is 1.74. The van der Waals surface area contributed by atoms with Crippen molar-refractivity contribution < 1.29 is 28.6 Å². The number of nitrogens with zero attached hydrogens (tertiary/aromatic N) is 2. The fourth-order valence-corrected chi connectivity index (χ4v) is 6.19. The summed E-state index contributed by atoms with van der Waals surface area (Å²) < 4.78 is 19.0. The van der Waals surface area contributed by atoms with Crippen LogP contribution in [0.4, 0.5) is 5.69 Å². The number of carboxylic acids is 1. The molecule has 11 heteroatoms. The molecule has 0 bridgehead atoms. The molecule has 0 radical (unpaired) electrons. The lowest BCUT2D eigenvalue weighted by atomic mass is 9.94. The molecule has 2 N–H and O–H groups in total. The highest BCUT2D eigenvalue weighted by molar-refractivity contribution is 7.07. The number of carbonyl (C=O) groups is 2. The second-order valence-electron chi connectivity index (χ2n) is 10.1. The maximum atomic E-state index is 14.1. The minimum absolute atomic E-state index is 0.168. The summed E-state index contributed by atoms with van der Waals surface area (Å²) in [5, 5.41) is 12.1. The number of anilines is 1. The Hall–Kier alpha value is -5.68. The molecule has 0 aliphatic carbocycles. The number of methoxy groups -OCH3 is 2. The van der Waals surface area contributed by atoms with E-state index in [2.05, 4.69) is 10.3 Å². The molecule has 2 aromatic heterocycles. The van der Waals surface area contributed by atoms with Crippen LogP contribution in [-0.4, -0.2) is 35.8 Å². The fourth-order valence-electron chi connectivity index (χ4n) is 5.16. The number of rotatable bonds is 8. The third-order valence-electron chi connectivity index (χ3n) is 7.35. The Morgan fingerprint density at radius 1 is 1.00 bits per heavy atom. The summed E-state index contributed by atoms with van der Waals surface area (Å²) in [5.74, 6) is 0.530. The number of allylic oxidation sites excluding steroid dienone is 1. The molecule has 1 amide bonds. The van der Waals surface area contributed by atoms with Gasteiger partial charge in [-0.2, -0.15) is 0 Å². The van der Waals surface area contributed by atoms with Crippen LogP contribution in [0.15, 0.2) is 110 Å². The molecule has 226 valence electrons. The summed E-state index contributed by atoms with van der Waals surface area (Å²) in [6.07, 6.45) is 1.63. The van der Waals surface area contributed by atoms with Gasteiger partial charge in [-0.1, -0.05) is 41.7 Å². The van der Waals surface area contributed by atoms with Gasteiger partial charge in [-0.15, -0.1) is 0 Å². The molecule has 0 fully saturated rings. The van der Waals surface area contributed by atoms with Crippen LogP contribution in [-0.2, 0) is 4.79 Å². The third-order valence-corrected chi connectivity index (χ3v) is 8.33. The normalized spacial score (nSPS) is 14.5. The number of hydrogen-bond acceptors (Lipinski definition) is 8. The van der Waals surface area contributed by atoms with Gasteiger partial charge in [-0.3, -0.25) is 14.2 Å². The van der Waals surface area contributed by atoms with E-state index >= 15 is 0 Å². The first-order valence-electron chi connectivity index (χ1n) is 13.8.